The molecule has 0 spiro atoms. The minimum Gasteiger partial charge on any atom is -0.481 e. The summed E-state index contributed by atoms with van der Waals surface area (Å²) in [6.07, 6.45) is 0.947. The Balaban J connectivity index is 2.14. The van der Waals surface area contributed by atoms with E-state index in [1.54, 1.807) is 20.3 Å². The van der Waals surface area contributed by atoms with E-state index in [0.29, 0.717) is 17.7 Å². The Hall–Kier alpha value is -1.56. The van der Waals surface area contributed by atoms with Gasteiger partial charge in [-0.3, -0.25) is 0 Å². The van der Waals surface area contributed by atoms with E-state index < -0.39 is 0 Å². The van der Waals surface area contributed by atoms with Crippen molar-refractivity contribution in [3.8, 4) is 11.8 Å². The number of hydrogen-bond acceptors (Lipinski definition) is 6. The van der Waals surface area contributed by atoms with Crippen LogP contribution in [0.5, 0.6) is 11.8 Å². The maximum Gasteiger partial charge on any atom is 0.229 e. The van der Waals surface area contributed by atoms with Gasteiger partial charge in [0.1, 0.15) is 0 Å². The number of nitrogens with two attached hydrogens (primary N) is 1. The third-order valence-electron chi connectivity index (χ3n) is 2.25. The third kappa shape index (κ3) is 2.27. The molecule has 2 unspecified atom stereocenters. The van der Waals surface area contributed by atoms with Gasteiger partial charge >= 0.3 is 0 Å². The molecule has 1 heterocycles. The molecule has 0 amide bonds. The summed E-state index contributed by atoms with van der Waals surface area (Å²) in [7, 11) is 3.10. The van der Waals surface area contributed by atoms with Gasteiger partial charge in [-0.05, 0) is 6.42 Å². The molecule has 1 aromatic heterocycles. The summed E-state index contributed by atoms with van der Waals surface area (Å²) in [5, 5.41) is 3.11. The summed E-state index contributed by atoms with van der Waals surface area (Å²) in [5.41, 5.74) is 5.67. The standard InChI is InChI=1S/C9H14N4O2/c1-14-7-4-8(15-2)13-9(12-7)11-6-3-5(6)10/h4-6H,3,10H2,1-2H3,(H,11,12,13). The molecule has 0 aromatic carbocycles. The number of ether oxygens (including phenoxy) is 2. The monoisotopic (exact) mass is 210 g/mol. The average molecular weight is 210 g/mol. The van der Waals surface area contributed by atoms with E-state index in [9.17, 15) is 0 Å². The first-order valence-corrected chi connectivity index (χ1v) is 4.72. The lowest BCUT2D eigenvalue weighted by molar-refractivity contribution is 0.373. The fourth-order valence-corrected chi connectivity index (χ4v) is 1.22. The Bertz CT molecular complexity index is 336. The molecule has 6 nitrogen and oxygen atoms in total. The molecule has 6 heteroatoms. The zero-order valence-electron chi connectivity index (χ0n) is 8.73. The second-order valence-corrected chi connectivity index (χ2v) is 3.43. The van der Waals surface area contributed by atoms with E-state index in [2.05, 4.69) is 15.3 Å². The van der Waals surface area contributed by atoms with Crippen LogP contribution in [0.3, 0.4) is 0 Å². The fourth-order valence-electron chi connectivity index (χ4n) is 1.22. The molecule has 1 aliphatic carbocycles. The Morgan fingerprint density at radius 3 is 2.27 bits per heavy atom. The van der Waals surface area contributed by atoms with Crippen LogP contribution in [0.2, 0.25) is 0 Å². The molecule has 1 aliphatic rings. The molecular weight excluding hydrogens is 196 g/mol. The molecule has 0 aliphatic heterocycles. The van der Waals surface area contributed by atoms with E-state index in [-0.39, 0.29) is 12.1 Å². The normalized spacial score (nSPS) is 23.4. The van der Waals surface area contributed by atoms with E-state index in [1.165, 1.54) is 0 Å². The number of anilines is 1. The predicted molar refractivity (Wildman–Crippen MR) is 55.1 cm³/mol. The van der Waals surface area contributed by atoms with Gasteiger partial charge in [-0.25, -0.2) is 0 Å². The van der Waals surface area contributed by atoms with Crippen molar-refractivity contribution in [2.45, 2.75) is 18.5 Å². The second-order valence-electron chi connectivity index (χ2n) is 3.43. The quantitative estimate of drug-likeness (QED) is 0.728. The minimum absolute atomic E-state index is 0.200. The van der Waals surface area contributed by atoms with Crippen molar-refractivity contribution in [1.29, 1.82) is 0 Å². The SMILES string of the molecule is COc1cc(OC)nc(NC2CC2N)n1. The first-order chi connectivity index (χ1) is 7.22. The summed E-state index contributed by atoms with van der Waals surface area (Å²) < 4.78 is 10.0. The number of aromatic nitrogens is 2. The van der Waals surface area contributed by atoms with Gasteiger partial charge in [-0.1, -0.05) is 0 Å². The van der Waals surface area contributed by atoms with Gasteiger partial charge < -0.3 is 20.5 Å². The third-order valence-corrected chi connectivity index (χ3v) is 2.25. The molecule has 0 bridgehead atoms. The second kappa shape index (κ2) is 3.90. The van der Waals surface area contributed by atoms with Gasteiger partial charge in [0, 0.05) is 12.1 Å². The molecular formula is C9H14N4O2. The van der Waals surface area contributed by atoms with Crippen LogP contribution >= 0.6 is 0 Å². The van der Waals surface area contributed by atoms with Crippen LogP contribution in [0.25, 0.3) is 0 Å². The Morgan fingerprint density at radius 2 is 1.87 bits per heavy atom. The van der Waals surface area contributed by atoms with E-state index >= 15 is 0 Å². The first-order valence-electron chi connectivity index (χ1n) is 4.72. The van der Waals surface area contributed by atoms with Crippen molar-refractivity contribution in [1.82, 2.24) is 9.97 Å². The highest BCUT2D eigenvalue weighted by Gasteiger charge is 2.34. The molecule has 1 fully saturated rings. The molecule has 82 valence electrons. The van der Waals surface area contributed by atoms with Crippen LogP contribution in [0.1, 0.15) is 6.42 Å². The summed E-state index contributed by atoms with van der Waals surface area (Å²) >= 11 is 0. The maximum absolute atomic E-state index is 5.67. The number of nitrogens with zero attached hydrogens (tertiary/aromatic N) is 2. The van der Waals surface area contributed by atoms with E-state index in [1.807, 2.05) is 0 Å². The Morgan fingerprint density at radius 1 is 1.33 bits per heavy atom. The van der Waals surface area contributed by atoms with Gasteiger partial charge in [-0.15, -0.1) is 0 Å². The lowest BCUT2D eigenvalue weighted by Crippen LogP contribution is -2.15. The molecule has 15 heavy (non-hydrogen) atoms. The molecule has 3 N–H and O–H groups in total. The van der Waals surface area contributed by atoms with Crippen molar-refractivity contribution >= 4 is 5.95 Å². The summed E-state index contributed by atoms with van der Waals surface area (Å²) in [4.78, 5) is 8.27. The Kier molecular flexibility index (Phi) is 2.59. The molecule has 0 radical (unpaired) electrons. The fraction of sp³-hybridized carbons (Fsp3) is 0.556. The van der Waals surface area contributed by atoms with Crippen LogP contribution in [0, 0.1) is 0 Å². The highest BCUT2D eigenvalue weighted by atomic mass is 16.5. The average Bonchev–Trinajstić information content (AvgIpc) is 2.93. The summed E-state index contributed by atoms with van der Waals surface area (Å²) in [6, 6.07) is 2.09. The zero-order chi connectivity index (χ0) is 10.8. The highest BCUT2D eigenvalue weighted by molar-refractivity contribution is 5.36. The van der Waals surface area contributed by atoms with Crippen molar-refractivity contribution in [3.63, 3.8) is 0 Å². The van der Waals surface area contributed by atoms with Gasteiger partial charge in [0.25, 0.3) is 0 Å². The predicted octanol–water partition coefficient (Wildman–Crippen LogP) is 0.00530. The minimum atomic E-state index is 0.200. The van der Waals surface area contributed by atoms with E-state index in [4.69, 9.17) is 15.2 Å². The summed E-state index contributed by atoms with van der Waals surface area (Å²) in [6.45, 7) is 0. The van der Waals surface area contributed by atoms with Crippen molar-refractivity contribution < 1.29 is 9.47 Å². The van der Waals surface area contributed by atoms with Crippen LogP contribution in [0.4, 0.5) is 5.95 Å². The zero-order valence-corrected chi connectivity index (χ0v) is 8.73. The van der Waals surface area contributed by atoms with Crippen LogP contribution < -0.4 is 20.5 Å². The number of rotatable bonds is 4. The van der Waals surface area contributed by atoms with Crippen molar-refractivity contribution in [2.75, 3.05) is 19.5 Å². The lowest BCUT2D eigenvalue weighted by atomic mass is 10.5. The first kappa shape index (κ1) is 9.97. The molecule has 2 atom stereocenters. The van der Waals surface area contributed by atoms with Gasteiger partial charge in [-0.2, -0.15) is 9.97 Å². The van der Waals surface area contributed by atoms with Crippen LogP contribution in [0.15, 0.2) is 6.07 Å². The van der Waals surface area contributed by atoms with Crippen LogP contribution in [-0.4, -0.2) is 36.3 Å². The molecule has 2 rings (SSSR count). The van der Waals surface area contributed by atoms with Crippen molar-refractivity contribution in [2.24, 2.45) is 5.73 Å². The van der Waals surface area contributed by atoms with Crippen LogP contribution in [-0.2, 0) is 0 Å². The maximum atomic E-state index is 5.67. The summed E-state index contributed by atoms with van der Waals surface area (Å²) in [5.74, 6) is 1.43. The molecule has 1 saturated carbocycles. The van der Waals surface area contributed by atoms with Gasteiger partial charge in [0.05, 0.1) is 20.3 Å². The topological polar surface area (TPSA) is 82.3 Å². The number of hydrogen-bond donors (Lipinski definition) is 2. The molecule has 1 aromatic rings. The largest absolute Gasteiger partial charge is 0.481 e. The number of nitrogens with one attached hydrogen (secondary N) is 1. The van der Waals surface area contributed by atoms with Gasteiger partial charge in [0.15, 0.2) is 0 Å². The van der Waals surface area contributed by atoms with Crippen molar-refractivity contribution in [3.05, 3.63) is 6.07 Å². The van der Waals surface area contributed by atoms with Gasteiger partial charge in [0.2, 0.25) is 17.7 Å². The highest BCUT2D eigenvalue weighted by Crippen LogP contribution is 2.24. The molecule has 0 saturated heterocycles. The Labute approximate surface area is 87.8 Å². The smallest absolute Gasteiger partial charge is 0.229 e. The lowest BCUT2D eigenvalue weighted by Gasteiger charge is -2.07. The van der Waals surface area contributed by atoms with E-state index in [0.717, 1.165) is 6.42 Å². The number of methoxy groups -OCH3 is 2.